The maximum absolute atomic E-state index is 12.8. The van der Waals surface area contributed by atoms with Gasteiger partial charge < -0.3 is 5.32 Å². The molecule has 0 saturated carbocycles. The second kappa shape index (κ2) is 8.39. The summed E-state index contributed by atoms with van der Waals surface area (Å²) in [5.74, 6) is 0. The lowest BCUT2D eigenvalue weighted by atomic mass is 10.0. The van der Waals surface area contributed by atoms with Crippen molar-refractivity contribution in [2.45, 2.75) is 45.5 Å². The Hall–Kier alpha value is -1.07. The number of nitrogens with one attached hydrogen (secondary N) is 1. The smallest absolute Gasteiger partial charge is 0.313 e. The van der Waals surface area contributed by atoms with Crippen LogP contribution in [0.3, 0.4) is 0 Å². The third kappa shape index (κ3) is 6.96. The molecule has 120 valence electrons. The molecular formula is C16H25F3N2. The molecule has 1 N–H and O–H groups in total. The molecule has 0 spiro atoms. The van der Waals surface area contributed by atoms with E-state index in [1.54, 1.807) is 0 Å². The highest BCUT2D eigenvalue weighted by Crippen LogP contribution is 2.25. The van der Waals surface area contributed by atoms with E-state index >= 15 is 0 Å². The molecule has 0 amide bonds. The van der Waals surface area contributed by atoms with Gasteiger partial charge in [-0.05, 0) is 18.5 Å². The monoisotopic (exact) mass is 302 g/mol. The van der Waals surface area contributed by atoms with E-state index in [0.717, 1.165) is 5.56 Å². The Morgan fingerprint density at radius 1 is 1.14 bits per heavy atom. The van der Waals surface area contributed by atoms with Gasteiger partial charge in [0.05, 0.1) is 6.54 Å². The summed E-state index contributed by atoms with van der Waals surface area (Å²) >= 11 is 0. The predicted octanol–water partition coefficient (Wildman–Crippen LogP) is 4.00. The van der Waals surface area contributed by atoms with Crippen LogP contribution < -0.4 is 5.32 Å². The van der Waals surface area contributed by atoms with E-state index in [0.29, 0.717) is 19.5 Å². The zero-order valence-electron chi connectivity index (χ0n) is 13.0. The fourth-order valence-corrected chi connectivity index (χ4v) is 2.34. The molecule has 1 rings (SSSR count). The van der Waals surface area contributed by atoms with Crippen molar-refractivity contribution in [3.8, 4) is 0 Å². The van der Waals surface area contributed by atoms with Gasteiger partial charge >= 0.3 is 6.18 Å². The van der Waals surface area contributed by atoms with Crippen LogP contribution in [0, 0.1) is 0 Å². The van der Waals surface area contributed by atoms with Gasteiger partial charge in [-0.2, -0.15) is 13.2 Å². The van der Waals surface area contributed by atoms with Gasteiger partial charge in [0, 0.05) is 18.6 Å². The van der Waals surface area contributed by atoms with Crippen LogP contribution in [0.1, 0.15) is 38.8 Å². The Morgan fingerprint density at radius 3 is 2.24 bits per heavy atom. The van der Waals surface area contributed by atoms with Crippen LogP contribution in [0.5, 0.6) is 0 Å². The normalized spacial score (nSPS) is 13.9. The van der Waals surface area contributed by atoms with Crippen LogP contribution in [0.15, 0.2) is 30.3 Å². The Morgan fingerprint density at radius 2 is 1.76 bits per heavy atom. The summed E-state index contributed by atoms with van der Waals surface area (Å²) in [5, 5.41) is 3.26. The minimum atomic E-state index is -4.18. The minimum absolute atomic E-state index is 0.241. The Labute approximate surface area is 125 Å². The Balaban J connectivity index is 2.94. The van der Waals surface area contributed by atoms with Crippen molar-refractivity contribution in [1.29, 1.82) is 0 Å². The first kappa shape index (κ1) is 18.0. The molecular weight excluding hydrogens is 277 g/mol. The largest absolute Gasteiger partial charge is 0.401 e. The molecule has 0 aromatic heterocycles. The van der Waals surface area contributed by atoms with E-state index < -0.39 is 12.7 Å². The molecule has 1 aromatic carbocycles. The number of hydrogen-bond acceptors (Lipinski definition) is 2. The van der Waals surface area contributed by atoms with Crippen LogP contribution in [0.25, 0.3) is 0 Å². The highest BCUT2D eigenvalue weighted by Gasteiger charge is 2.33. The van der Waals surface area contributed by atoms with Crippen LogP contribution in [0.2, 0.25) is 0 Å². The second-order valence-electron chi connectivity index (χ2n) is 5.58. The first-order valence-electron chi connectivity index (χ1n) is 7.42. The summed E-state index contributed by atoms with van der Waals surface area (Å²) in [5.41, 5.74) is 0.920. The summed E-state index contributed by atoms with van der Waals surface area (Å²) in [6.07, 6.45) is -3.48. The van der Waals surface area contributed by atoms with Crippen molar-refractivity contribution in [2.24, 2.45) is 0 Å². The highest BCUT2D eigenvalue weighted by molar-refractivity contribution is 5.19. The quantitative estimate of drug-likeness (QED) is 0.781. The van der Waals surface area contributed by atoms with Crippen molar-refractivity contribution in [3.05, 3.63) is 35.9 Å². The van der Waals surface area contributed by atoms with Gasteiger partial charge in [0.2, 0.25) is 0 Å². The third-order valence-electron chi connectivity index (χ3n) is 3.24. The van der Waals surface area contributed by atoms with E-state index in [1.807, 2.05) is 51.1 Å². The number of alkyl halides is 3. The first-order valence-corrected chi connectivity index (χ1v) is 7.42. The molecule has 0 saturated heterocycles. The molecule has 0 bridgehead atoms. The Kier molecular flexibility index (Phi) is 7.18. The average Bonchev–Trinajstić information content (AvgIpc) is 2.38. The van der Waals surface area contributed by atoms with E-state index in [4.69, 9.17) is 0 Å². The summed E-state index contributed by atoms with van der Waals surface area (Å²) in [7, 11) is 0. The van der Waals surface area contributed by atoms with E-state index in [2.05, 4.69) is 5.32 Å². The van der Waals surface area contributed by atoms with Crippen molar-refractivity contribution in [1.82, 2.24) is 10.2 Å². The molecule has 1 unspecified atom stereocenters. The van der Waals surface area contributed by atoms with Gasteiger partial charge in [0.25, 0.3) is 0 Å². The van der Waals surface area contributed by atoms with Gasteiger partial charge in [-0.15, -0.1) is 0 Å². The Bertz CT molecular complexity index is 390. The first-order chi connectivity index (χ1) is 9.83. The fourth-order valence-electron chi connectivity index (χ4n) is 2.34. The second-order valence-corrected chi connectivity index (χ2v) is 5.58. The van der Waals surface area contributed by atoms with Crippen LogP contribution >= 0.6 is 0 Å². The molecule has 0 heterocycles. The summed E-state index contributed by atoms with van der Waals surface area (Å²) < 4.78 is 38.5. The van der Waals surface area contributed by atoms with E-state index in [9.17, 15) is 13.2 Å². The third-order valence-corrected chi connectivity index (χ3v) is 3.24. The highest BCUT2D eigenvalue weighted by atomic mass is 19.4. The van der Waals surface area contributed by atoms with E-state index in [1.165, 1.54) is 4.90 Å². The van der Waals surface area contributed by atoms with Gasteiger partial charge in [-0.1, -0.05) is 51.1 Å². The number of rotatable bonds is 8. The van der Waals surface area contributed by atoms with Gasteiger partial charge in [-0.25, -0.2) is 0 Å². The lowest BCUT2D eigenvalue weighted by Gasteiger charge is -2.33. The maximum Gasteiger partial charge on any atom is 0.401 e. The van der Waals surface area contributed by atoms with Gasteiger partial charge in [-0.3, -0.25) is 4.90 Å². The zero-order chi connectivity index (χ0) is 15.9. The standard InChI is InChI=1S/C16H25F3N2/c1-4-10-21(12-16(17,18)19)15(11-20-13(2)3)14-8-6-5-7-9-14/h5-9,13,15,20H,4,10-12H2,1-3H3. The molecule has 0 aliphatic rings. The summed E-state index contributed by atoms with van der Waals surface area (Å²) in [4.78, 5) is 1.52. The molecule has 2 nitrogen and oxygen atoms in total. The fraction of sp³-hybridized carbons (Fsp3) is 0.625. The molecule has 0 radical (unpaired) electrons. The molecule has 1 aromatic rings. The molecule has 0 aliphatic heterocycles. The average molecular weight is 302 g/mol. The van der Waals surface area contributed by atoms with Crippen LogP contribution in [-0.4, -0.2) is 36.8 Å². The maximum atomic E-state index is 12.8. The number of nitrogens with zero attached hydrogens (tertiary/aromatic N) is 1. The van der Waals surface area contributed by atoms with Crippen LogP contribution in [0.4, 0.5) is 13.2 Å². The van der Waals surface area contributed by atoms with Crippen molar-refractivity contribution in [3.63, 3.8) is 0 Å². The molecule has 5 heteroatoms. The molecule has 0 fully saturated rings. The minimum Gasteiger partial charge on any atom is -0.313 e. The number of hydrogen-bond donors (Lipinski definition) is 1. The van der Waals surface area contributed by atoms with Crippen molar-refractivity contribution in [2.75, 3.05) is 19.6 Å². The summed E-state index contributed by atoms with van der Waals surface area (Å²) in [6.45, 7) is 5.96. The van der Waals surface area contributed by atoms with E-state index in [-0.39, 0.29) is 12.1 Å². The SMILES string of the molecule is CCCN(CC(F)(F)F)C(CNC(C)C)c1ccccc1. The molecule has 0 aliphatic carbocycles. The van der Waals surface area contributed by atoms with Gasteiger partial charge in [0.15, 0.2) is 0 Å². The zero-order valence-corrected chi connectivity index (χ0v) is 13.0. The lowest BCUT2D eigenvalue weighted by molar-refractivity contribution is -0.151. The summed E-state index contributed by atoms with van der Waals surface area (Å²) in [6, 6.07) is 9.38. The predicted molar refractivity (Wildman–Crippen MR) is 80.2 cm³/mol. The van der Waals surface area contributed by atoms with Crippen LogP contribution in [-0.2, 0) is 0 Å². The molecule has 21 heavy (non-hydrogen) atoms. The lowest BCUT2D eigenvalue weighted by Crippen LogP contribution is -2.42. The number of benzene rings is 1. The molecule has 1 atom stereocenters. The van der Waals surface area contributed by atoms with Gasteiger partial charge in [0.1, 0.15) is 0 Å². The number of halogens is 3. The topological polar surface area (TPSA) is 15.3 Å². The van der Waals surface area contributed by atoms with Crippen molar-refractivity contribution >= 4 is 0 Å². The van der Waals surface area contributed by atoms with Crippen molar-refractivity contribution < 1.29 is 13.2 Å².